The minimum atomic E-state index is 0.239. The van der Waals surface area contributed by atoms with Crippen LogP contribution in [0.4, 0.5) is 11.8 Å². The first-order chi connectivity index (χ1) is 7.25. The van der Waals surface area contributed by atoms with Gasteiger partial charge in [0.25, 0.3) is 0 Å². The first kappa shape index (κ1) is 8.23. The van der Waals surface area contributed by atoms with E-state index < -0.39 is 0 Å². The maximum Gasteiger partial charge on any atom is 0.222 e. The van der Waals surface area contributed by atoms with Gasteiger partial charge in [0.05, 0.1) is 5.69 Å². The Kier molecular flexibility index (Phi) is 1.48. The summed E-state index contributed by atoms with van der Waals surface area (Å²) in [5, 5.41) is 0. The maximum atomic E-state index is 5.82. The van der Waals surface area contributed by atoms with Crippen LogP contribution in [0, 0.1) is 0 Å². The molecule has 0 unspecified atom stereocenters. The standard InChI is InChI=1S/C11H10N4/c12-10-8-5-6-3-1-2-4-7(6)9(8)14-11(13)15-10/h1-4H,5H2,(H4,12,13,14,15). The van der Waals surface area contributed by atoms with Crippen molar-refractivity contribution in [1.29, 1.82) is 0 Å². The zero-order valence-electron chi connectivity index (χ0n) is 8.07. The van der Waals surface area contributed by atoms with Crippen LogP contribution in [-0.4, -0.2) is 9.97 Å². The highest BCUT2D eigenvalue weighted by molar-refractivity contribution is 5.77. The Hall–Kier alpha value is -2.10. The van der Waals surface area contributed by atoms with E-state index in [1.807, 2.05) is 18.2 Å². The Morgan fingerprint density at radius 2 is 1.87 bits per heavy atom. The second-order valence-corrected chi connectivity index (χ2v) is 3.63. The van der Waals surface area contributed by atoms with Crippen molar-refractivity contribution in [3.05, 3.63) is 35.4 Å². The van der Waals surface area contributed by atoms with E-state index in [0.29, 0.717) is 5.82 Å². The van der Waals surface area contributed by atoms with Crippen LogP contribution in [0.15, 0.2) is 24.3 Å². The predicted octanol–water partition coefficient (Wildman–Crippen LogP) is 1.21. The minimum absolute atomic E-state index is 0.239. The average Bonchev–Trinajstić information content (AvgIpc) is 2.57. The van der Waals surface area contributed by atoms with Gasteiger partial charge in [0.2, 0.25) is 5.95 Å². The van der Waals surface area contributed by atoms with Crippen molar-refractivity contribution in [2.24, 2.45) is 0 Å². The van der Waals surface area contributed by atoms with Crippen molar-refractivity contribution in [2.45, 2.75) is 6.42 Å². The van der Waals surface area contributed by atoms with E-state index in [9.17, 15) is 0 Å². The van der Waals surface area contributed by atoms with Crippen molar-refractivity contribution in [1.82, 2.24) is 9.97 Å². The van der Waals surface area contributed by atoms with Crippen LogP contribution in [0.5, 0.6) is 0 Å². The van der Waals surface area contributed by atoms with Gasteiger partial charge in [-0.2, -0.15) is 4.98 Å². The lowest BCUT2D eigenvalue weighted by molar-refractivity contribution is 1.15. The van der Waals surface area contributed by atoms with E-state index in [-0.39, 0.29) is 5.95 Å². The summed E-state index contributed by atoms with van der Waals surface area (Å²) in [7, 11) is 0. The molecule has 4 N–H and O–H groups in total. The van der Waals surface area contributed by atoms with E-state index in [4.69, 9.17) is 11.5 Å². The molecular weight excluding hydrogens is 188 g/mol. The molecule has 0 radical (unpaired) electrons. The molecule has 1 heterocycles. The van der Waals surface area contributed by atoms with Gasteiger partial charge < -0.3 is 11.5 Å². The van der Waals surface area contributed by atoms with E-state index in [1.54, 1.807) is 0 Å². The van der Waals surface area contributed by atoms with Gasteiger partial charge in [-0.15, -0.1) is 0 Å². The number of rotatable bonds is 0. The smallest absolute Gasteiger partial charge is 0.222 e. The molecular formula is C11H10N4. The number of hydrogen-bond donors (Lipinski definition) is 2. The number of fused-ring (bicyclic) bond motifs is 3. The summed E-state index contributed by atoms with van der Waals surface area (Å²) in [6, 6.07) is 8.11. The van der Waals surface area contributed by atoms with Gasteiger partial charge in [-0.1, -0.05) is 24.3 Å². The van der Waals surface area contributed by atoms with Gasteiger partial charge >= 0.3 is 0 Å². The Bertz CT molecular complexity index is 548. The fourth-order valence-electron chi connectivity index (χ4n) is 2.01. The molecule has 1 aliphatic rings. The van der Waals surface area contributed by atoms with Gasteiger partial charge in [-0.05, 0) is 5.56 Å². The van der Waals surface area contributed by atoms with Crippen LogP contribution in [0.1, 0.15) is 11.1 Å². The second kappa shape index (κ2) is 2.70. The molecule has 1 aliphatic carbocycles. The molecule has 4 nitrogen and oxygen atoms in total. The summed E-state index contributed by atoms with van der Waals surface area (Å²) in [5.74, 6) is 0.733. The fourth-order valence-corrected chi connectivity index (χ4v) is 2.01. The maximum absolute atomic E-state index is 5.82. The third kappa shape index (κ3) is 1.08. The molecule has 0 atom stereocenters. The third-order valence-electron chi connectivity index (χ3n) is 2.70. The minimum Gasteiger partial charge on any atom is -0.383 e. The molecule has 0 aliphatic heterocycles. The molecule has 74 valence electrons. The first-order valence-electron chi connectivity index (χ1n) is 4.76. The lowest BCUT2D eigenvalue weighted by atomic mass is 10.1. The Labute approximate surface area is 87.0 Å². The van der Waals surface area contributed by atoms with E-state index >= 15 is 0 Å². The van der Waals surface area contributed by atoms with E-state index in [1.165, 1.54) is 5.56 Å². The Balaban J connectivity index is 2.33. The van der Waals surface area contributed by atoms with Gasteiger partial charge in [0.1, 0.15) is 5.82 Å². The zero-order valence-corrected chi connectivity index (χ0v) is 8.07. The summed E-state index contributed by atoms with van der Waals surface area (Å²) < 4.78 is 0. The number of anilines is 2. The molecule has 15 heavy (non-hydrogen) atoms. The van der Waals surface area contributed by atoms with E-state index in [0.717, 1.165) is 23.2 Å². The van der Waals surface area contributed by atoms with Gasteiger partial charge in [-0.25, -0.2) is 4.98 Å². The highest BCUT2D eigenvalue weighted by atomic mass is 15.0. The van der Waals surface area contributed by atoms with Crippen molar-refractivity contribution < 1.29 is 0 Å². The Morgan fingerprint density at radius 3 is 2.73 bits per heavy atom. The van der Waals surface area contributed by atoms with Crippen molar-refractivity contribution in [3.63, 3.8) is 0 Å². The highest BCUT2D eigenvalue weighted by Crippen LogP contribution is 2.37. The van der Waals surface area contributed by atoms with Crippen LogP contribution < -0.4 is 11.5 Å². The fraction of sp³-hybridized carbons (Fsp3) is 0.0909. The molecule has 1 aromatic heterocycles. The molecule has 3 rings (SSSR count). The highest BCUT2D eigenvalue weighted by Gasteiger charge is 2.22. The predicted molar refractivity (Wildman–Crippen MR) is 59.1 cm³/mol. The molecule has 0 saturated heterocycles. The Morgan fingerprint density at radius 1 is 1.07 bits per heavy atom. The molecule has 0 fully saturated rings. The number of nitrogens with zero attached hydrogens (tertiary/aromatic N) is 2. The number of benzene rings is 1. The lowest BCUT2D eigenvalue weighted by Gasteiger charge is -2.03. The van der Waals surface area contributed by atoms with Gasteiger partial charge in [0, 0.05) is 17.5 Å². The topological polar surface area (TPSA) is 77.8 Å². The number of nitrogen functional groups attached to an aromatic ring is 2. The third-order valence-corrected chi connectivity index (χ3v) is 2.70. The number of nitrogens with two attached hydrogens (primary N) is 2. The quantitative estimate of drug-likeness (QED) is 0.569. The van der Waals surface area contributed by atoms with Gasteiger partial charge in [-0.3, -0.25) is 0 Å². The largest absolute Gasteiger partial charge is 0.383 e. The molecule has 0 spiro atoms. The molecule has 4 heteroatoms. The zero-order chi connectivity index (χ0) is 10.4. The van der Waals surface area contributed by atoms with Crippen LogP contribution in [0.3, 0.4) is 0 Å². The van der Waals surface area contributed by atoms with Crippen LogP contribution in [-0.2, 0) is 6.42 Å². The van der Waals surface area contributed by atoms with Gasteiger partial charge in [0.15, 0.2) is 0 Å². The summed E-state index contributed by atoms with van der Waals surface area (Å²) in [4.78, 5) is 8.22. The molecule has 0 amide bonds. The SMILES string of the molecule is Nc1nc(N)c2c(n1)-c1ccccc1C2. The normalized spacial score (nSPS) is 12.3. The number of hydrogen-bond acceptors (Lipinski definition) is 4. The lowest BCUT2D eigenvalue weighted by Crippen LogP contribution is -2.03. The summed E-state index contributed by atoms with van der Waals surface area (Å²) >= 11 is 0. The first-order valence-corrected chi connectivity index (χ1v) is 4.76. The average molecular weight is 198 g/mol. The monoisotopic (exact) mass is 198 g/mol. The van der Waals surface area contributed by atoms with Crippen molar-refractivity contribution in [2.75, 3.05) is 11.5 Å². The molecule has 2 aromatic rings. The second-order valence-electron chi connectivity index (χ2n) is 3.63. The molecule has 0 saturated carbocycles. The number of aromatic nitrogens is 2. The van der Waals surface area contributed by atoms with Crippen molar-refractivity contribution in [3.8, 4) is 11.3 Å². The summed E-state index contributed by atoms with van der Waals surface area (Å²) in [6.45, 7) is 0. The van der Waals surface area contributed by atoms with Crippen LogP contribution in [0.2, 0.25) is 0 Å². The van der Waals surface area contributed by atoms with E-state index in [2.05, 4.69) is 16.0 Å². The van der Waals surface area contributed by atoms with Crippen LogP contribution >= 0.6 is 0 Å². The van der Waals surface area contributed by atoms with Crippen molar-refractivity contribution >= 4 is 11.8 Å². The van der Waals surface area contributed by atoms with Crippen LogP contribution in [0.25, 0.3) is 11.3 Å². The summed E-state index contributed by atoms with van der Waals surface area (Å²) in [5.41, 5.74) is 15.6. The summed E-state index contributed by atoms with van der Waals surface area (Å²) in [6.07, 6.45) is 0.803. The molecule has 0 bridgehead atoms. The molecule has 1 aromatic carbocycles.